The number of aliphatic hydroxyl groups is 3. The first-order valence-electron chi connectivity index (χ1n) is 18.5. The molecule has 1 unspecified atom stereocenters. The third-order valence-corrected chi connectivity index (χ3v) is 14.7. The third kappa shape index (κ3) is 8.32. The molecule has 288 valence electrons. The van der Waals surface area contributed by atoms with Crippen LogP contribution in [0.4, 0.5) is 5.69 Å². The quantitative estimate of drug-likeness (QED) is 0.326. The number of sulfonamides is 1. The van der Waals surface area contributed by atoms with Crippen molar-refractivity contribution in [2.75, 3.05) is 58.5 Å². The zero-order chi connectivity index (χ0) is 37.8. The average Bonchev–Trinajstić information content (AvgIpc) is 3.26. The molecule has 1 saturated carbocycles. The van der Waals surface area contributed by atoms with Gasteiger partial charge in [0.15, 0.2) is 0 Å². The van der Waals surface area contributed by atoms with Crippen LogP contribution in [-0.4, -0.2) is 105 Å². The van der Waals surface area contributed by atoms with Gasteiger partial charge in [0.05, 0.1) is 42.9 Å². The molecule has 4 N–H and O–H groups in total. The number of aldehydes is 1. The Morgan fingerprint density at radius 2 is 1.77 bits per heavy atom. The van der Waals surface area contributed by atoms with Crippen molar-refractivity contribution in [1.82, 2.24) is 9.62 Å². The summed E-state index contributed by atoms with van der Waals surface area (Å²) < 4.78 is 35.3. The van der Waals surface area contributed by atoms with E-state index in [-0.39, 0.29) is 37.1 Å². The normalized spacial score (nSPS) is 28.9. The van der Waals surface area contributed by atoms with Crippen LogP contribution in [0.25, 0.3) is 0 Å². The summed E-state index contributed by atoms with van der Waals surface area (Å²) in [6.07, 6.45) is 8.43. The van der Waals surface area contributed by atoms with Crippen LogP contribution in [0.1, 0.15) is 80.3 Å². The Hall–Kier alpha value is -2.74. The predicted octanol–water partition coefficient (Wildman–Crippen LogP) is 4.19. The highest BCUT2D eigenvalue weighted by Gasteiger charge is 2.44. The van der Waals surface area contributed by atoms with E-state index < -0.39 is 26.7 Å². The van der Waals surface area contributed by atoms with E-state index in [1.54, 1.807) is 44.1 Å². The molecule has 1 fully saturated rings. The van der Waals surface area contributed by atoms with Gasteiger partial charge in [0.2, 0.25) is 10.0 Å². The minimum absolute atomic E-state index is 0.0315. The van der Waals surface area contributed by atoms with Crippen LogP contribution in [0.2, 0.25) is 5.02 Å². The fourth-order valence-electron chi connectivity index (χ4n) is 8.38. The number of rotatable bonds is 5. The highest BCUT2D eigenvalue weighted by molar-refractivity contribution is 7.90. The van der Waals surface area contributed by atoms with Gasteiger partial charge in [-0.1, -0.05) is 31.0 Å². The summed E-state index contributed by atoms with van der Waals surface area (Å²) in [5.41, 5.74) is 2.49. The molecule has 2 bridgehead atoms. The number of hydrogen-bond donors (Lipinski definition) is 4. The lowest BCUT2D eigenvalue weighted by Gasteiger charge is -2.46. The lowest BCUT2D eigenvalue weighted by molar-refractivity contribution is -0.115. The molecule has 0 radical (unpaired) electrons. The summed E-state index contributed by atoms with van der Waals surface area (Å²) in [5.74, 6) is 0.559. The van der Waals surface area contributed by atoms with Crippen LogP contribution >= 0.6 is 11.6 Å². The van der Waals surface area contributed by atoms with Crippen molar-refractivity contribution in [2.24, 2.45) is 23.7 Å². The zero-order valence-electron chi connectivity index (χ0n) is 30.9. The number of benzene rings is 2. The molecule has 11 nitrogen and oxygen atoms in total. The SMILES string of the molecule is CN(C)C(CO)(CO)CO.C[C@@H]1[C@@H](C)CCCC(C=O)[C@@H]2CC[C@H]2CN2C[C@@]3(CCCc4cc(Cl)ccc43)COc3ccc(cc32)C(=O)NS1(=O)=O. The van der Waals surface area contributed by atoms with Crippen LogP contribution in [0.15, 0.2) is 36.4 Å². The van der Waals surface area contributed by atoms with Gasteiger partial charge in [-0.25, -0.2) is 13.1 Å². The first-order valence-corrected chi connectivity index (χ1v) is 20.5. The largest absolute Gasteiger partial charge is 0.490 e. The maximum atomic E-state index is 13.3. The minimum Gasteiger partial charge on any atom is -0.490 e. The molecular formula is C39H56ClN3O8S. The number of aliphatic hydroxyl groups excluding tert-OH is 3. The Balaban J connectivity index is 0.000000459. The first kappa shape index (κ1) is 40.4. The number of amides is 1. The molecule has 2 aromatic rings. The molecule has 52 heavy (non-hydrogen) atoms. The number of anilines is 1. The summed E-state index contributed by atoms with van der Waals surface area (Å²) in [5, 5.41) is 26.4. The van der Waals surface area contributed by atoms with E-state index in [0.29, 0.717) is 42.7 Å². The summed E-state index contributed by atoms with van der Waals surface area (Å²) in [6.45, 7) is 4.81. The Morgan fingerprint density at radius 1 is 1.04 bits per heavy atom. The fourth-order valence-corrected chi connectivity index (χ4v) is 9.88. The number of likely N-dealkylation sites (N-methyl/N-ethyl adjacent to an activating group) is 1. The predicted molar refractivity (Wildman–Crippen MR) is 203 cm³/mol. The lowest BCUT2D eigenvalue weighted by atomic mass is 9.65. The third-order valence-electron chi connectivity index (χ3n) is 12.5. The number of ether oxygens (including phenoxy) is 1. The smallest absolute Gasteiger partial charge is 0.264 e. The van der Waals surface area contributed by atoms with Crippen molar-refractivity contribution in [2.45, 2.75) is 81.4 Å². The molecule has 0 aromatic heterocycles. The highest BCUT2D eigenvalue weighted by Crippen LogP contribution is 2.47. The Morgan fingerprint density at radius 3 is 2.38 bits per heavy atom. The number of fused-ring (bicyclic) bond motifs is 4. The number of halogens is 1. The second kappa shape index (κ2) is 16.7. The topological polar surface area (TPSA) is 157 Å². The second-order valence-electron chi connectivity index (χ2n) is 15.8. The number of nitrogens with one attached hydrogen (secondary N) is 1. The van der Waals surface area contributed by atoms with Crippen LogP contribution in [-0.2, 0) is 26.7 Å². The summed E-state index contributed by atoms with van der Waals surface area (Å²) >= 11 is 6.39. The Labute approximate surface area is 313 Å². The minimum atomic E-state index is -3.89. The number of aryl methyl sites for hydroxylation is 1. The van der Waals surface area contributed by atoms with Crippen molar-refractivity contribution in [3.63, 3.8) is 0 Å². The van der Waals surface area contributed by atoms with Gasteiger partial charge >= 0.3 is 0 Å². The summed E-state index contributed by atoms with van der Waals surface area (Å²) in [4.78, 5) is 29.6. The molecule has 1 spiro atoms. The highest BCUT2D eigenvalue weighted by atomic mass is 35.5. The zero-order valence-corrected chi connectivity index (χ0v) is 32.5. The number of carbonyl (C=O) groups is 2. The van der Waals surface area contributed by atoms with Crippen molar-refractivity contribution >= 4 is 39.5 Å². The van der Waals surface area contributed by atoms with Crippen LogP contribution in [0.3, 0.4) is 0 Å². The molecule has 6 rings (SSSR count). The molecule has 2 aromatic carbocycles. The van der Waals surface area contributed by atoms with Gasteiger partial charge in [-0.2, -0.15) is 0 Å². The van der Waals surface area contributed by atoms with E-state index in [1.165, 1.54) is 11.1 Å². The van der Waals surface area contributed by atoms with Gasteiger partial charge in [-0.3, -0.25) is 9.69 Å². The molecule has 6 atom stereocenters. The van der Waals surface area contributed by atoms with E-state index >= 15 is 0 Å². The van der Waals surface area contributed by atoms with Gasteiger partial charge in [-0.05, 0) is 125 Å². The molecule has 13 heteroatoms. The van der Waals surface area contributed by atoms with E-state index in [0.717, 1.165) is 68.5 Å². The molecule has 1 amide bonds. The molecule has 4 aliphatic rings. The van der Waals surface area contributed by atoms with Gasteiger partial charge in [0, 0.05) is 35.0 Å². The monoisotopic (exact) mass is 761 g/mol. The second-order valence-corrected chi connectivity index (χ2v) is 18.2. The maximum Gasteiger partial charge on any atom is 0.264 e. The van der Waals surface area contributed by atoms with Crippen LogP contribution in [0.5, 0.6) is 5.75 Å². The number of nitrogens with zero attached hydrogens (tertiary/aromatic N) is 2. The summed E-state index contributed by atoms with van der Waals surface area (Å²) in [7, 11) is -0.495. The first-order chi connectivity index (χ1) is 24.7. The maximum absolute atomic E-state index is 13.3. The average molecular weight is 762 g/mol. The number of hydrogen-bond acceptors (Lipinski definition) is 10. The van der Waals surface area contributed by atoms with E-state index in [2.05, 4.69) is 21.8 Å². The van der Waals surface area contributed by atoms with Crippen LogP contribution < -0.4 is 14.4 Å². The van der Waals surface area contributed by atoms with Crippen molar-refractivity contribution in [3.8, 4) is 5.75 Å². The van der Waals surface area contributed by atoms with Gasteiger partial charge in [0.1, 0.15) is 12.0 Å². The van der Waals surface area contributed by atoms with Crippen molar-refractivity contribution in [3.05, 3.63) is 58.1 Å². The van der Waals surface area contributed by atoms with Gasteiger partial charge < -0.3 is 29.8 Å². The van der Waals surface area contributed by atoms with E-state index in [4.69, 9.17) is 31.7 Å². The molecular weight excluding hydrogens is 706 g/mol. The van der Waals surface area contributed by atoms with E-state index in [9.17, 15) is 18.0 Å². The van der Waals surface area contributed by atoms with E-state index in [1.807, 2.05) is 13.0 Å². The van der Waals surface area contributed by atoms with Gasteiger partial charge in [0.25, 0.3) is 5.91 Å². The van der Waals surface area contributed by atoms with Crippen molar-refractivity contribution in [1.29, 1.82) is 0 Å². The van der Waals surface area contributed by atoms with Crippen LogP contribution in [0, 0.1) is 23.7 Å². The Bertz CT molecular complexity index is 1680. The lowest BCUT2D eigenvalue weighted by Crippen LogP contribution is -2.53. The van der Waals surface area contributed by atoms with Gasteiger partial charge in [-0.15, -0.1) is 0 Å². The standard InChI is InChI=1S/C33H41ClN2O5S.C6H15NO3/c1-21-5-3-6-26(18-37)28-11-8-25(28)17-36-19-33(14-4-7-23-15-27(34)10-12-29(23)33)20-41-31-13-9-24(16-30(31)36)32(38)35-42(39,40)22(21)2;1-7(2)6(3-8,4-9)5-10/h9-10,12-13,15-16,18,21-22,25-26,28H,3-8,11,14,17,19-20H2,1-2H3,(H,35,38);8-10H,3-5H2,1-2H3/t21-,22+,25-,26?,28+,33-;/m0./s1. The molecule has 0 saturated heterocycles. The fraction of sp³-hybridized carbons (Fsp3) is 0.641. The Kier molecular flexibility index (Phi) is 13.0. The number of carbonyl (C=O) groups excluding carboxylic acids is 2. The summed E-state index contributed by atoms with van der Waals surface area (Å²) in [6, 6.07) is 11.4. The molecule has 2 aliphatic carbocycles. The van der Waals surface area contributed by atoms with Crippen molar-refractivity contribution < 1.29 is 38.1 Å². The molecule has 2 aliphatic heterocycles. The molecule has 2 heterocycles.